The van der Waals surface area contributed by atoms with Crippen LogP contribution in [0.2, 0.25) is 0 Å². The van der Waals surface area contributed by atoms with Crippen LogP contribution in [-0.2, 0) is 0 Å². The third kappa shape index (κ3) is 3.17. The van der Waals surface area contributed by atoms with Gasteiger partial charge in [-0.25, -0.2) is 0 Å². The summed E-state index contributed by atoms with van der Waals surface area (Å²) >= 11 is 1.88. The zero-order chi connectivity index (χ0) is 13.8. The molecule has 2 N–H and O–H groups in total. The number of benzene rings is 1. The highest BCUT2D eigenvalue weighted by Gasteiger charge is 2.12. The van der Waals surface area contributed by atoms with E-state index in [1.807, 2.05) is 11.3 Å². The van der Waals surface area contributed by atoms with E-state index in [9.17, 15) is 0 Å². The van der Waals surface area contributed by atoms with Crippen LogP contribution >= 0.6 is 11.3 Å². The normalized spacial score (nSPS) is 12.4. The summed E-state index contributed by atoms with van der Waals surface area (Å²) < 4.78 is 0. The van der Waals surface area contributed by atoms with Crippen LogP contribution in [0.1, 0.15) is 24.1 Å². The van der Waals surface area contributed by atoms with Gasteiger partial charge < -0.3 is 10.6 Å². The molecule has 1 heterocycles. The van der Waals surface area contributed by atoms with Crippen LogP contribution < -0.4 is 10.6 Å². The maximum Gasteiger partial charge on any atom is 0.0448 e. The van der Waals surface area contributed by atoms with Crippen molar-refractivity contribution in [2.45, 2.75) is 19.3 Å². The molecule has 0 saturated heterocycles. The van der Waals surface area contributed by atoms with Gasteiger partial charge in [0.25, 0.3) is 0 Å². The molecule has 1 aromatic carbocycles. The third-order valence-electron chi connectivity index (χ3n) is 3.36. The van der Waals surface area contributed by atoms with Crippen molar-refractivity contribution >= 4 is 17.0 Å². The highest BCUT2D eigenvalue weighted by atomic mass is 32.1. The number of anilines is 1. The molecule has 0 aliphatic rings. The molecule has 0 aliphatic carbocycles. The fraction of sp³-hybridized carbons (Fsp3) is 0.375. The van der Waals surface area contributed by atoms with Gasteiger partial charge in [-0.2, -0.15) is 0 Å². The molecule has 0 fully saturated rings. The van der Waals surface area contributed by atoms with Gasteiger partial charge in [-0.15, -0.1) is 11.3 Å². The van der Waals surface area contributed by atoms with E-state index in [1.165, 1.54) is 21.0 Å². The summed E-state index contributed by atoms with van der Waals surface area (Å²) in [5.74, 6) is 0.551. The molecule has 2 nitrogen and oxygen atoms in total. The Hall–Kier alpha value is -1.32. The quantitative estimate of drug-likeness (QED) is 0.895. The fourth-order valence-corrected chi connectivity index (χ4v) is 3.35. The molecule has 1 atom stereocenters. The van der Waals surface area contributed by atoms with Crippen molar-refractivity contribution in [2.24, 2.45) is 5.73 Å². The standard InChI is InChI=1S/C16H22N2S/c1-12(10-11-17)15-8-9-16(19-15)13-6-4-5-7-14(13)18(2)3/h4-9,12H,10-11,17H2,1-3H3. The summed E-state index contributed by atoms with van der Waals surface area (Å²) in [5, 5.41) is 0. The lowest BCUT2D eigenvalue weighted by Gasteiger charge is -2.16. The van der Waals surface area contributed by atoms with Gasteiger partial charge >= 0.3 is 0 Å². The molecule has 1 unspecified atom stereocenters. The maximum atomic E-state index is 5.65. The van der Waals surface area contributed by atoms with Gasteiger partial charge in [-0.05, 0) is 37.1 Å². The highest BCUT2D eigenvalue weighted by Crippen LogP contribution is 2.37. The van der Waals surface area contributed by atoms with Gasteiger partial charge in [0.05, 0.1) is 0 Å². The fourth-order valence-electron chi connectivity index (χ4n) is 2.23. The van der Waals surface area contributed by atoms with Crippen LogP contribution in [-0.4, -0.2) is 20.6 Å². The summed E-state index contributed by atoms with van der Waals surface area (Å²) in [6, 6.07) is 13.0. The Morgan fingerprint density at radius 3 is 2.58 bits per heavy atom. The van der Waals surface area contributed by atoms with Crippen molar-refractivity contribution in [1.82, 2.24) is 0 Å². The first-order valence-corrected chi connectivity index (χ1v) is 7.51. The summed E-state index contributed by atoms with van der Waals surface area (Å²) in [7, 11) is 4.18. The Kier molecular flexibility index (Phi) is 4.61. The number of rotatable bonds is 5. The van der Waals surface area contributed by atoms with E-state index in [0.29, 0.717) is 5.92 Å². The second-order valence-corrected chi connectivity index (χ2v) is 6.21. The van der Waals surface area contributed by atoms with Gasteiger partial charge in [0.1, 0.15) is 0 Å². The van der Waals surface area contributed by atoms with Crippen molar-refractivity contribution in [3.05, 3.63) is 41.3 Å². The Balaban J connectivity index is 2.33. The second-order valence-electron chi connectivity index (χ2n) is 5.09. The van der Waals surface area contributed by atoms with Gasteiger partial charge in [0.2, 0.25) is 0 Å². The van der Waals surface area contributed by atoms with Crippen molar-refractivity contribution in [3.63, 3.8) is 0 Å². The lowest BCUT2D eigenvalue weighted by atomic mass is 10.1. The average molecular weight is 274 g/mol. The topological polar surface area (TPSA) is 29.3 Å². The highest BCUT2D eigenvalue weighted by molar-refractivity contribution is 7.15. The van der Waals surface area contributed by atoms with E-state index < -0.39 is 0 Å². The molecule has 0 amide bonds. The molecule has 19 heavy (non-hydrogen) atoms. The molecule has 2 rings (SSSR count). The monoisotopic (exact) mass is 274 g/mol. The number of nitrogens with zero attached hydrogens (tertiary/aromatic N) is 1. The first kappa shape index (κ1) is 14.1. The molecule has 1 aromatic heterocycles. The summed E-state index contributed by atoms with van der Waals surface area (Å²) in [6.45, 7) is 3.00. The Morgan fingerprint density at radius 2 is 1.89 bits per heavy atom. The molecule has 102 valence electrons. The van der Waals surface area contributed by atoms with E-state index in [0.717, 1.165) is 13.0 Å². The Bertz CT molecular complexity index is 531. The van der Waals surface area contributed by atoms with E-state index >= 15 is 0 Å². The molecule has 3 heteroatoms. The van der Waals surface area contributed by atoms with Crippen LogP contribution in [0.5, 0.6) is 0 Å². The third-order valence-corrected chi connectivity index (χ3v) is 4.71. The molecule has 0 radical (unpaired) electrons. The van der Waals surface area contributed by atoms with Crippen molar-refractivity contribution in [1.29, 1.82) is 0 Å². The first-order valence-electron chi connectivity index (χ1n) is 6.70. The molecular formula is C16H22N2S. The second kappa shape index (κ2) is 6.22. The van der Waals surface area contributed by atoms with Crippen molar-refractivity contribution in [3.8, 4) is 10.4 Å². The number of para-hydroxylation sites is 1. The van der Waals surface area contributed by atoms with E-state index in [4.69, 9.17) is 5.73 Å². The number of hydrogen-bond acceptors (Lipinski definition) is 3. The van der Waals surface area contributed by atoms with E-state index in [-0.39, 0.29) is 0 Å². The van der Waals surface area contributed by atoms with Crippen LogP contribution in [0.15, 0.2) is 36.4 Å². The van der Waals surface area contributed by atoms with Gasteiger partial charge in [-0.3, -0.25) is 0 Å². The van der Waals surface area contributed by atoms with Crippen LogP contribution in [0.3, 0.4) is 0 Å². The SMILES string of the molecule is CC(CCN)c1ccc(-c2ccccc2N(C)C)s1. The number of nitrogens with two attached hydrogens (primary N) is 1. The van der Waals surface area contributed by atoms with Crippen LogP contribution in [0.4, 0.5) is 5.69 Å². The predicted molar refractivity (Wildman–Crippen MR) is 86.2 cm³/mol. The summed E-state index contributed by atoms with van der Waals surface area (Å²) in [4.78, 5) is 4.93. The van der Waals surface area contributed by atoms with Crippen LogP contribution in [0, 0.1) is 0 Å². The number of thiophene rings is 1. The minimum atomic E-state index is 0.551. The van der Waals surface area contributed by atoms with Gasteiger partial charge in [-0.1, -0.05) is 25.1 Å². The predicted octanol–water partition coefficient (Wildman–Crippen LogP) is 3.93. The van der Waals surface area contributed by atoms with Gasteiger partial charge in [0, 0.05) is 35.1 Å². The van der Waals surface area contributed by atoms with E-state index in [2.05, 4.69) is 62.3 Å². The molecule has 0 spiro atoms. The summed E-state index contributed by atoms with van der Waals surface area (Å²) in [5.41, 5.74) is 8.22. The smallest absolute Gasteiger partial charge is 0.0448 e. The average Bonchev–Trinajstić information content (AvgIpc) is 2.88. The Labute approximate surface area is 119 Å². The Morgan fingerprint density at radius 1 is 1.16 bits per heavy atom. The van der Waals surface area contributed by atoms with Crippen molar-refractivity contribution < 1.29 is 0 Å². The largest absolute Gasteiger partial charge is 0.377 e. The zero-order valence-corrected chi connectivity index (χ0v) is 12.7. The number of hydrogen-bond donors (Lipinski definition) is 1. The minimum Gasteiger partial charge on any atom is -0.377 e. The molecular weight excluding hydrogens is 252 g/mol. The minimum absolute atomic E-state index is 0.551. The molecule has 0 bridgehead atoms. The maximum absolute atomic E-state index is 5.65. The van der Waals surface area contributed by atoms with Gasteiger partial charge in [0.15, 0.2) is 0 Å². The molecule has 0 aliphatic heterocycles. The van der Waals surface area contributed by atoms with Crippen LogP contribution in [0.25, 0.3) is 10.4 Å². The molecule has 0 saturated carbocycles. The van der Waals surface area contributed by atoms with Crippen molar-refractivity contribution in [2.75, 3.05) is 25.5 Å². The summed E-state index contributed by atoms with van der Waals surface area (Å²) in [6.07, 6.45) is 1.05. The van der Waals surface area contributed by atoms with E-state index in [1.54, 1.807) is 0 Å². The molecule has 2 aromatic rings. The first-order chi connectivity index (χ1) is 9.13. The lowest BCUT2D eigenvalue weighted by Crippen LogP contribution is -2.09. The zero-order valence-electron chi connectivity index (χ0n) is 11.9. The lowest BCUT2D eigenvalue weighted by molar-refractivity contribution is 0.701.